The Labute approximate surface area is 109 Å². The smallest absolute Gasteiger partial charge is 0.103 e. The van der Waals surface area contributed by atoms with E-state index in [9.17, 15) is 0 Å². The van der Waals surface area contributed by atoms with Crippen LogP contribution in [0.3, 0.4) is 0 Å². The lowest BCUT2D eigenvalue weighted by Gasteiger charge is -2.33. The van der Waals surface area contributed by atoms with E-state index in [0.717, 1.165) is 64.1 Å². The third-order valence-electron chi connectivity index (χ3n) is 3.33. The second kappa shape index (κ2) is 6.66. The van der Waals surface area contributed by atoms with Gasteiger partial charge in [-0.05, 0) is 0 Å². The van der Waals surface area contributed by atoms with Gasteiger partial charge in [0, 0.05) is 45.0 Å². The molecule has 0 aromatic heterocycles. The molecule has 2 aliphatic rings. The molecule has 5 heteroatoms. The van der Waals surface area contributed by atoms with E-state index in [4.69, 9.17) is 9.47 Å². The topological polar surface area (TPSA) is 37.0 Å². The van der Waals surface area contributed by atoms with Crippen molar-refractivity contribution in [3.63, 3.8) is 0 Å². The first-order valence-corrected chi connectivity index (χ1v) is 6.55. The van der Waals surface area contributed by atoms with E-state index < -0.39 is 0 Å². The van der Waals surface area contributed by atoms with E-state index >= 15 is 0 Å². The molecule has 0 aromatic carbocycles. The molecule has 0 bridgehead atoms. The summed E-state index contributed by atoms with van der Waals surface area (Å²) in [7, 11) is 1.95. The average Bonchev–Trinajstić information content (AvgIpc) is 2.46. The van der Waals surface area contributed by atoms with Gasteiger partial charge in [0.15, 0.2) is 0 Å². The van der Waals surface area contributed by atoms with Gasteiger partial charge in [0.05, 0.1) is 26.4 Å². The molecule has 2 heterocycles. The summed E-state index contributed by atoms with van der Waals surface area (Å²) < 4.78 is 10.7. The Morgan fingerprint density at radius 3 is 2.00 bits per heavy atom. The van der Waals surface area contributed by atoms with Crippen molar-refractivity contribution >= 4 is 0 Å². The molecule has 5 nitrogen and oxygen atoms in total. The number of ether oxygens (including phenoxy) is 2. The summed E-state index contributed by atoms with van der Waals surface area (Å²) in [5.41, 5.74) is 1.05. The van der Waals surface area contributed by atoms with Crippen LogP contribution in [0.4, 0.5) is 0 Å². The van der Waals surface area contributed by atoms with Gasteiger partial charge in [-0.3, -0.25) is 0 Å². The molecule has 2 saturated heterocycles. The highest BCUT2D eigenvalue weighted by Gasteiger charge is 2.15. The second-order valence-corrected chi connectivity index (χ2v) is 4.47. The van der Waals surface area contributed by atoms with Crippen molar-refractivity contribution in [1.29, 1.82) is 0 Å². The quantitative estimate of drug-likeness (QED) is 0.726. The highest BCUT2D eigenvalue weighted by molar-refractivity contribution is 5.19. The lowest BCUT2D eigenvalue weighted by molar-refractivity contribution is 0.0491. The Morgan fingerprint density at radius 1 is 1.00 bits per heavy atom. The Hall–Kier alpha value is -1.20. The maximum Gasteiger partial charge on any atom is 0.103 e. The predicted octanol–water partition coefficient (Wildman–Crippen LogP) is 0.225. The van der Waals surface area contributed by atoms with Crippen LogP contribution >= 0.6 is 0 Å². The van der Waals surface area contributed by atoms with E-state index in [2.05, 4.69) is 27.8 Å². The Morgan fingerprint density at radius 2 is 1.50 bits per heavy atom. The van der Waals surface area contributed by atoms with E-state index in [0.29, 0.717) is 0 Å². The molecule has 0 unspecified atom stereocenters. The summed E-state index contributed by atoms with van der Waals surface area (Å²) in [6.07, 6.45) is 2.12. The zero-order valence-electron chi connectivity index (χ0n) is 11.2. The zero-order chi connectivity index (χ0) is 12.8. The predicted molar refractivity (Wildman–Crippen MR) is 71.1 cm³/mol. The largest absolute Gasteiger partial charge is 0.378 e. The third-order valence-corrected chi connectivity index (χ3v) is 3.33. The van der Waals surface area contributed by atoms with Gasteiger partial charge in [-0.2, -0.15) is 0 Å². The highest BCUT2D eigenvalue weighted by Crippen LogP contribution is 2.12. The number of hydrogen-bond acceptors (Lipinski definition) is 5. The van der Waals surface area contributed by atoms with Crippen LogP contribution in [0.15, 0.2) is 24.2 Å². The van der Waals surface area contributed by atoms with Crippen molar-refractivity contribution in [1.82, 2.24) is 15.1 Å². The summed E-state index contributed by atoms with van der Waals surface area (Å²) >= 11 is 0. The standard InChI is InChI=1S/C13H23N3O2/c1-12(15-3-7-17-8-4-15)11-13(14-2)16-5-9-18-10-6-16/h11,14H,1,3-10H2,2H3/b13-11+. The van der Waals surface area contributed by atoms with Crippen molar-refractivity contribution in [2.75, 3.05) is 59.7 Å². The maximum absolute atomic E-state index is 5.37. The molecule has 0 radical (unpaired) electrons. The molecule has 2 aliphatic heterocycles. The van der Waals surface area contributed by atoms with Crippen molar-refractivity contribution in [3.8, 4) is 0 Å². The van der Waals surface area contributed by atoms with Gasteiger partial charge in [-0.1, -0.05) is 6.58 Å². The molecule has 102 valence electrons. The minimum atomic E-state index is 0.791. The first-order valence-electron chi connectivity index (χ1n) is 6.55. The summed E-state index contributed by atoms with van der Waals surface area (Å²) in [6, 6.07) is 0. The number of nitrogens with one attached hydrogen (secondary N) is 1. The van der Waals surface area contributed by atoms with Crippen LogP contribution in [0, 0.1) is 0 Å². The van der Waals surface area contributed by atoms with Crippen LogP contribution in [0.25, 0.3) is 0 Å². The summed E-state index contributed by atoms with van der Waals surface area (Å²) in [6.45, 7) is 11.0. The molecule has 0 amide bonds. The molecule has 0 spiro atoms. The molecule has 0 atom stereocenters. The zero-order valence-corrected chi connectivity index (χ0v) is 11.2. The van der Waals surface area contributed by atoms with Crippen LogP contribution in [0.1, 0.15) is 0 Å². The third kappa shape index (κ3) is 3.40. The summed E-state index contributed by atoms with van der Waals surface area (Å²) in [5, 5.41) is 3.25. The van der Waals surface area contributed by atoms with Crippen molar-refractivity contribution < 1.29 is 9.47 Å². The minimum Gasteiger partial charge on any atom is -0.378 e. The first kappa shape index (κ1) is 13.2. The van der Waals surface area contributed by atoms with Gasteiger partial charge in [0.25, 0.3) is 0 Å². The van der Waals surface area contributed by atoms with Crippen molar-refractivity contribution in [3.05, 3.63) is 24.2 Å². The fraction of sp³-hybridized carbons (Fsp3) is 0.692. The van der Waals surface area contributed by atoms with E-state index in [-0.39, 0.29) is 0 Å². The Balaban J connectivity index is 1.96. The molecule has 0 aliphatic carbocycles. The van der Waals surface area contributed by atoms with E-state index in [1.807, 2.05) is 7.05 Å². The van der Waals surface area contributed by atoms with Gasteiger partial charge in [-0.25, -0.2) is 0 Å². The number of allylic oxidation sites excluding steroid dienone is 1. The number of nitrogens with zero attached hydrogens (tertiary/aromatic N) is 2. The molecule has 2 rings (SSSR count). The molecule has 18 heavy (non-hydrogen) atoms. The maximum atomic E-state index is 5.37. The van der Waals surface area contributed by atoms with Crippen LogP contribution in [-0.4, -0.2) is 69.5 Å². The minimum absolute atomic E-state index is 0.791. The van der Waals surface area contributed by atoms with Gasteiger partial charge in [0.2, 0.25) is 0 Å². The van der Waals surface area contributed by atoms with Crippen LogP contribution in [-0.2, 0) is 9.47 Å². The average molecular weight is 253 g/mol. The summed E-state index contributed by atoms with van der Waals surface area (Å²) in [4.78, 5) is 4.57. The van der Waals surface area contributed by atoms with Crippen molar-refractivity contribution in [2.45, 2.75) is 0 Å². The fourth-order valence-electron chi connectivity index (χ4n) is 2.23. The van der Waals surface area contributed by atoms with Crippen molar-refractivity contribution in [2.24, 2.45) is 0 Å². The van der Waals surface area contributed by atoms with E-state index in [1.54, 1.807) is 0 Å². The van der Waals surface area contributed by atoms with Crippen LogP contribution < -0.4 is 5.32 Å². The molecular weight excluding hydrogens is 230 g/mol. The van der Waals surface area contributed by atoms with Gasteiger partial charge in [-0.15, -0.1) is 0 Å². The highest BCUT2D eigenvalue weighted by atomic mass is 16.5. The molecule has 0 saturated carbocycles. The Kier molecular flexibility index (Phi) is 4.90. The monoisotopic (exact) mass is 253 g/mol. The SMILES string of the molecule is C=C(/C=C(\NC)N1CCOCC1)N1CCOCC1. The molecule has 2 fully saturated rings. The lowest BCUT2D eigenvalue weighted by Crippen LogP contribution is -2.40. The lowest BCUT2D eigenvalue weighted by atomic mass is 10.3. The number of hydrogen-bond donors (Lipinski definition) is 1. The molecular formula is C13H23N3O2. The number of morpholine rings is 2. The van der Waals surface area contributed by atoms with Gasteiger partial charge < -0.3 is 24.6 Å². The van der Waals surface area contributed by atoms with Gasteiger partial charge >= 0.3 is 0 Å². The van der Waals surface area contributed by atoms with Gasteiger partial charge in [0.1, 0.15) is 5.82 Å². The van der Waals surface area contributed by atoms with Crippen LogP contribution in [0.2, 0.25) is 0 Å². The Bertz CT molecular complexity index is 305. The van der Waals surface area contributed by atoms with Crippen LogP contribution in [0.5, 0.6) is 0 Å². The molecule has 0 aromatic rings. The second-order valence-electron chi connectivity index (χ2n) is 4.47. The molecule has 1 N–H and O–H groups in total. The van der Waals surface area contributed by atoms with E-state index in [1.165, 1.54) is 0 Å². The fourth-order valence-corrected chi connectivity index (χ4v) is 2.23. The first-order chi connectivity index (χ1) is 8.81. The summed E-state index contributed by atoms with van der Waals surface area (Å²) in [5.74, 6) is 1.12. The number of rotatable bonds is 4. The normalized spacial score (nSPS) is 21.9.